The third-order valence-corrected chi connectivity index (χ3v) is 8.74. The van der Waals surface area contributed by atoms with Crippen LogP contribution in [0.4, 0.5) is 0 Å². The van der Waals surface area contributed by atoms with Crippen molar-refractivity contribution in [3.63, 3.8) is 0 Å². The van der Waals surface area contributed by atoms with E-state index >= 15 is 0 Å². The van der Waals surface area contributed by atoms with Gasteiger partial charge in [-0.3, -0.25) is 24.0 Å². The fourth-order valence-electron chi connectivity index (χ4n) is 4.98. The van der Waals surface area contributed by atoms with Crippen molar-refractivity contribution in [1.29, 1.82) is 0 Å². The van der Waals surface area contributed by atoms with Crippen LogP contribution in [0.1, 0.15) is 63.4 Å². The monoisotopic (exact) mass is 755 g/mol. The zero-order valence-electron chi connectivity index (χ0n) is 29.1. The molecule has 288 valence electrons. The van der Waals surface area contributed by atoms with Crippen LogP contribution >= 0.6 is 25.3 Å². The molecule has 1 aromatic carbocycles. The minimum Gasteiger partial charge on any atom is -0.480 e. The van der Waals surface area contributed by atoms with Gasteiger partial charge in [-0.2, -0.15) is 25.3 Å². The van der Waals surface area contributed by atoms with E-state index in [1.807, 2.05) is 0 Å². The van der Waals surface area contributed by atoms with Crippen molar-refractivity contribution in [3.8, 4) is 0 Å². The van der Waals surface area contributed by atoms with Crippen LogP contribution in [-0.2, 0) is 35.2 Å². The summed E-state index contributed by atoms with van der Waals surface area (Å²) in [6.45, 7) is 1.08. The number of nitrogens with two attached hydrogens (primary N) is 4. The fraction of sp³-hybridized carbons (Fsp3) is 0.636. The molecule has 18 heteroatoms. The maximum Gasteiger partial charge on any atom is 0.327 e. The molecule has 0 bridgehead atoms. The minimum atomic E-state index is -1.28. The summed E-state index contributed by atoms with van der Waals surface area (Å²) in [5, 5.41) is 22.6. The zero-order chi connectivity index (χ0) is 38.2. The smallest absolute Gasteiger partial charge is 0.327 e. The fourth-order valence-corrected chi connectivity index (χ4v) is 5.39. The number of amides is 5. The predicted octanol–water partition coefficient (Wildman–Crippen LogP) is -1.69. The Bertz CT molecular complexity index is 1230. The van der Waals surface area contributed by atoms with Crippen molar-refractivity contribution < 1.29 is 33.9 Å². The Morgan fingerprint density at radius 3 is 1.29 bits per heavy atom. The van der Waals surface area contributed by atoms with Gasteiger partial charge in [-0.15, -0.1) is 0 Å². The molecule has 6 unspecified atom stereocenters. The van der Waals surface area contributed by atoms with Gasteiger partial charge >= 0.3 is 5.97 Å². The van der Waals surface area contributed by atoms with Gasteiger partial charge in [-0.1, -0.05) is 30.3 Å². The van der Waals surface area contributed by atoms with Crippen molar-refractivity contribution in [2.45, 2.75) is 100 Å². The minimum absolute atomic E-state index is 0.0552. The maximum absolute atomic E-state index is 13.9. The van der Waals surface area contributed by atoms with Gasteiger partial charge in [0.2, 0.25) is 29.5 Å². The first kappa shape index (κ1) is 45.6. The Morgan fingerprint density at radius 1 is 0.549 bits per heavy atom. The predicted molar refractivity (Wildman–Crippen MR) is 202 cm³/mol. The largest absolute Gasteiger partial charge is 0.480 e. The topological polar surface area (TPSA) is 287 Å². The second kappa shape index (κ2) is 26.4. The quantitative estimate of drug-likeness (QED) is 0.0356. The highest BCUT2D eigenvalue weighted by Gasteiger charge is 2.32. The molecule has 0 heterocycles. The Hall–Kier alpha value is -3.42. The molecule has 1 aromatic rings. The summed E-state index contributed by atoms with van der Waals surface area (Å²) in [5.74, 6) is -4.67. The molecule has 0 aromatic heterocycles. The first-order valence-corrected chi connectivity index (χ1v) is 18.5. The van der Waals surface area contributed by atoms with E-state index in [0.717, 1.165) is 5.56 Å². The van der Waals surface area contributed by atoms with E-state index in [-0.39, 0.29) is 37.2 Å². The molecule has 0 saturated carbocycles. The lowest BCUT2D eigenvalue weighted by atomic mass is 10.0. The lowest BCUT2D eigenvalue weighted by molar-refractivity contribution is -0.141. The number of carbonyl (C=O) groups excluding carboxylic acids is 5. The molecule has 16 nitrogen and oxygen atoms in total. The second-order valence-corrected chi connectivity index (χ2v) is 12.9. The molecule has 0 aliphatic carbocycles. The van der Waals surface area contributed by atoms with Crippen LogP contribution < -0.4 is 49.5 Å². The number of thiol groups is 2. The zero-order valence-corrected chi connectivity index (χ0v) is 30.8. The molecular formula is C33H57N9O7S2. The summed E-state index contributed by atoms with van der Waals surface area (Å²) in [6.07, 6.45) is 3.75. The number of carboxylic acid groups (broad SMARTS) is 1. The Balaban J connectivity index is 3.35. The number of carbonyl (C=O) groups is 6. The number of hydrogen-bond acceptors (Lipinski definition) is 12. The highest BCUT2D eigenvalue weighted by atomic mass is 32.1. The van der Waals surface area contributed by atoms with Crippen molar-refractivity contribution >= 4 is 60.8 Å². The van der Waals surface area contributed by atoms with E-state index in [1.54, 1.807) is 30.3 Å². The van der Waals surface area contributed by atoms with Gasteiger partial charge in [-0.05, 0) is 83.0 Å². The van der Waals surface area contributed by atoms with Crippen LogP contribution in [0.2, 0.25) is 0 Å². The van der Waals surface area contributed by atoms with Crippen LogP contribution in [-0.4, -0.2) is 108 Å². The first-order chi connectivity index (χ1) is 24.4. The van der Waals surface area contributed by atoms with Crippen LogP contribution in [0.25, 0.3) is 0 Å². The molecule has 0 aliphatic heterocycles. The molecule has 0 radical (unpaired) electrons. The summed E-state index contributed by atoms with van der Waals surface area (Å²) in [4.78, 5) is 78.6. The average Bonchev–Trinajstić information content (AvgIpc) is 3.11. The second-order valence-electron chi connectivity index (χ2n) is 12.2. The number of nitrogens with one attached hydrogen (secondary N) is 5. The summed E-state index contributed by atoms with van der Waals surface area (Å²) < 4.78 is 0. The molecule has 14 N–H and O–H groups in total. The summed E-state index contributed by atoms with van der Waals surface area (Å²) in [6, 6.07) is 2.23. The molecule has 51 heavy (non-hydrogen) atoms. The molecule has 0 saturated heterocycles. The standard InChI is InChI=1S/C33H57N9O7S2/c34-15-7-4-12-23(38-28(43)22(37)19-50)30(45)41-26(18-21-10-2-1-3-11-21)32(47)40-24(13-5-8-16-35)29(44)39-25(14-6-9-17-36)31(46)42-27(20-51)33(48)49/h1-3,10-11,22-27,50-51H,4-9,12-20,34-37H2,(H,38,43)(H,39,44)(H,40,47)(H,41,45)(H,42,46)(H,48,49). The number of aliphatic carboxylic acids is 1. The van der Waals surface area contributed by atoms with Crippen molar-refractivity contribution in [2.75, 3.05) is 31.1 Å². The molecule has 0 aliphatic rings. The highest BCUT2D eigenvalue weighted by molar-refractivity contribution is 7.80. The van der Waals surface area contributed by atoms with E-state index in [2.05, 4.69) is 51.8 Å². The van der Waals surface area contributed by atoms with Gasteiger partial charge in [0, 0.05) is 17.9 Å². The van der Waals surface area contributed by atoms with Crippen LogP contribution in [0, 0.1) is 0 Å². The molecular weight excluding hydrogens is 699 g/mol. The number of unbranched alkanes of at least 4 members (excludes halogenated alkanes) is 3. The third kappa shape index (κ3) is 18.1. The highest BCUT2D eigenvalue weighted by Crippen LogP contribution is 2.10. The molecule has 0 spiro atoms. The number of hydrogen-bond donors (Lipinski definition) is 12. The van der Waals surface area contributed by atoms with Crippen molar-refractivity contribution in [1.82, 2.24) is 26.6 Å². The molecule has 0 fully saturated rings. The van der Waals surface area contributed by atoms with E-state index in [1.165, 1.54) is 0 Å². The van der Waals surface area contributed by atoms with Gasteiger partial charge < -0.3 is 54.6 Å². The Kier molecular flexibility index (Phi) is 23.6. The van der Waals surface area contributed by atoms with Gasteiger partial charge in [0.25, 0.3) is 0 Å². The van der Waals surface area contributed by atoms with Crippen LogP contribution in [0.15, 0.2) is 30.3 Å². The number of rotatable bonds is 27. The van der Waals surface area contributed by atoms with Crippen molar-refractivity contribution in [3.05, 3.63) is 35.9 Å². The molecule has 5 amide bonds. The number of benzene rings is 1. The maximum atomic E-state index is 13.9. The molecule has 6 atom stereocenters. The van der Waals surface area contributed by atoms with Gasteiger partial charge in [0.05, 0.1) is 6.04 Å². The summed E-state index contributed by atoms with van der Waals surface area (Å²) in [5.41, 5.74) is 23.5. The first-order valence-electron chi connectivity index (χ1n) is 17.3. The van der Waals surface area contributed by atoms with Gasteiger partial charge in [0.1, 0.15) is 30.2 Å². The van der Waals surface area contributed by atoms with Gasteiger partial charge in [0.15, 0.2) is 0 Å². The summed E-state index contributed by atoms with van der Waals surface area (Å²) >= 11 is 8.05. The average molecular weight is 756 g/mol. The van der Waals surface area contributed by atoms with Crippen LogP contribution in [0.5, 0.6) is 0 Å². The Morgan fingerprint density at radius 2 is 0.922 bits per heavy atom. The van der Waals surface area contributed by atoms with E-state index in [4.69, 9.17) is 22.9 Å². The normalized spacial score (nSPS) is 14.5. The van der Waals surface area contributed by atoms with E-state index in [9.17, 15) is 33.9 Å². The lowest BCUT2D eigenvalue weighted by Crippen LogP contribution is -2.59. The number of carboxylic acids is 1. The van der Waals surface area contributed by atoms with Gasteiger partial charge in [-0.25, -0.2) is 4.79 Å². The molecule has 1 rings (SSSR count). The summed E-state index contributed by atoms with van der Waals surface area (Å²) in [7, 11) is 0. The van der Waals surface area contributed by atoms with E-state index in [0.29, 0.717) is 58.2 Å². The SMILES string of the molecule is NCCCCC(NC(=O)C(N)CS)C(=O)NC(Cc1ccccc1)C(=O)NC(CCCCN)C(=O)NC(CCCCN)C(=O)NC(CS)C(=O)O. The van der Waals surface area contributed by atoms with E-state index < -0.39 is 71.8 Å². The third-order valence-electron chi connectivity index (χ3n) is 7.99. The van der Waals surface area contributed by atoms with Crippen molar-refractivity contribution in [2.24, 2.45) is 22.9 Å². The Labute approximate surface area is 310 Å². The lowest BCUT2D eigenvalue weighted by Gasteiger charge is -2.27. The van der Waals surface area contributed by atoms with Crippen LogP contribution in [0.3, 0.4) is 0 Å².